The smallest absolute Gasteiger partial charge is 0.122 e. The van der Waals surface area contributed by atoms with Crippen LogP contribution in [-0.2, 0) is 11.3 Å². The maximum atomic E-state index is 5.82. The van der Waals surface area contributed by atoms with Crippen LogP contribution < -0.4 is 10.5 Å². The lowest BCUT2D eigenvalue weighted by Gasteiger charge is -2.18. The van der Waals surface area contributed by atoms with Crippen molar-refractivity contribution >= 4 is 0 Å². The predicted molar refractivity (Wildman–Crippen MR) is 63.4 cm³/mol. The molecule has 1 aromatic heterocycles. The zero-order chi connectivity index (χ0) is 12.2. The summed E-state index contributed by atoms with van der Waals surface area (Å²) >= 11 is 0. The Hall–Kier alpha value is -1.13. The van der Waals surface area contributed by atoms with Crippen LogP contribution in [0.1, 0.15) is 25.2 Å². The largest absolute Gasteiger partial charge is 0.497 e. The summed E-state index contributed by atoms with van der Waals surface area (Å²) in [6, 6.07) is 3.76. The van der Waals surface area contributed by atoms with E-state index >= 15 is 0 Å². The molecule has 90 valence electrons. The Morgan fingerprint density at radius 1 is 1.38 bits per heavy atom. The van der Waals surface area contributed by atoms with E-state index in [-0.39, 0.29) is 5.54 Å². The van der Waals surface area contributed by atoms with E-state index in [4.69, 9.17) is 15.2 Å². The lowest BCUT2D eigenvalue weighted by atomic mass is 10.1. The molecule has 0 saturated carbocycles. The predicted octanol–water partition coefficient (Wildman–Crippen LogP) is 1.65. The third-order valence-corrected chi connectivity index (χ3v) is 1.94. The third-order valence-electron chi connectivity index (χ3n) is 1.94. The second-order valence-electron chi connectivity index (χ2n) is 4.62. The molecule has 0 bridgehead atoms. The Labute approximate surface area is 96.8 Å². The number of ether oxygens (including phenoxy) is 2. The molecular formula is C12H20N2O2. The first-order valence-corrected chi connectivity index (χ1v) is 5.29. The molecule has 4 nitrogen and oxygen atoms in total. The Kier molecular flexibility index (Phi) is 4.26. The maximum Gasteiger partial charge on any atom is 0.122 e. The van der Waals surface area contributed by atoms with Crippen molar-refractivity contribution < 1.29 is 9.47 Å². The summed E-state index contributed by atoms with van der Waals surface area (Å²) in [4.78, 5) is 4.36. The molecular weight excluding hydrogens is 204 g/mol. The van der Waals surface area contributed by atoms with Crippen molar-refractivity contribution in [1.82, 2.24) is 4.98 Å². The number of methoxy groups -OCH3 is 1. The van der Waals surface area contributed by atoms with E-state index in [9.17, 15) is 0 Å². The van der Waals surface area contributed by atoms with Crippen LogP contribution in [0.2, 0.25) is 0 Å². The van der Waals surface area contributed by atoms with Crippen LogP contribution in [0.5, 0.6) is 5.75 Å². The molecule has 0 aliphatic rings. The van der Waals surface area contributed by atoms with Crippen molar-refractivity contribution in [3.05, 3.63) is 23.5 Å². The van der Waals surface area contributed by atoms with Crippen molar-refractivity contribution in [1.29, 1.82) is 0 Å². The SMILES string of the molecule is COc1cc(C)nc(COCC(C)(C)N)c1. The number of hydrogen-bond donors (Lipinski definition) is 1. The van der Waals surface area contributed by atoms with Gasteiger partial charge in [-0.1, -0.05) is 0 Å². The van der Waals surface area contributed by atoms with Crippen LogP contribution in [0.25, 0.3) is 0 Å². The molecule has 0 aromatic carbocycles. The van der Waals surface area contributed by atoms with Crippen molar-refractivity contribution in [3.63, 3.8) is 0 Å². The van der Waals surface area contributed by atoms with E-state index in [1.165, 1.54) is 0 Å². The fourth-order valence-corrected chi connectivity index (χ4v) is 1.31. The second-order valence-corrected chi connectivity index (χ2v) is 4.62. The van der Waals surface area contributed by atoms with Crippen molar-refractivity contribution in [2.24, 2.45) is 5.73 Å². The number of aryl methyl sites for hydroxylation is 1. The number of pyridine rings is 1. The Morgan fingerprint density at radius 2 is 2.06 bits per heavy atom. The van der Waals surface area contributed by atoms with E-state index in [1.54, 1.807) is 7.11 Å². The van der Waals surface area contributed by atoms with Gasteiger partial charge >= 0.3 is 0 Å². The van der Waals surface area contributed by atoms with Crippen LogP contribution in [0.3, 0.4) is 0 Å². The summed E-state index contributed by atoms with van der Waals surface area (Å²) in [7, 11) is 1.64. The minimum absolute atomic E-state index is 0.312. The summed E-state index contributed by atoms with van der Waals surface area (Å²) in [5.41, 5.74) is 7.29. The molecule has 0 amide bonds. The second kappa shape index (κ2) is 5.27. The normalized spacial score (nSPS) is 11.6. The quantitative estimate of drug-likeness (QED) is 0.826. The van der Waals surface area contributed by atoms with Gasteiger partial charge in [-0.2, -0.15) is 0 Å². The van der Waals surface area contributed by atoms with Crippen LogP contribution >= 0.6 is 0 Å². The molecule has 1 heterocycles. The van der Waals surface area contributed by atoms with E-state index in [1.807, 2.05) is 32.9 Å². The van der Waals surface area contributed by atoms with Gasteiger partial charge in [0, 0.05) is 23.4 Å². The average Bonchev–Trinajstić information content (AvgIpc) is 2.14. The highest BCUT2D eigenvalue weighted by atomic mass is 16.5. The van der Waals surface area contributed by atoms with Crippen LogP contribution in [0.15, 0.2) is 12.1 Å². The molecule has 0 aliphatic carbocycles. The number of aromatic nitrogens is 1. The molecule has 4 heteroatoms. The van der Waals surface area contributed by atoms with Crippen molar-refractivity contribution in [2.45, 2.75) is 32.9 Å². The van der Waals surface area contributed by atoms with Gasteiger partial charge < -0.3 is 15.2 Å². The number of rotatable bonds is 5. The fraction of sp³-hybridized carbons (Fsp3) is 0.583. The van der Waals surface area contributed by atoms with Crippen LogP contribution in [-0.4, -0.2) is 24.2 Å². The van der Waals surface area contributed by atoms with E-state index < -0.39 is 0 Å². The Bertz CT molecular complexity index is 345. The van der Waals surface area contributed by atoms with Gasteiger partial charge in [0.05, 0.1) is 26.0 Å². The number of nitrogens with two attached hydrogens (primary N) is 1. The standard InChI is InChI=1S/C12H20N2O2/c1-9-5-11(15-4)6-10(14-9)7-16-8-12(2,3)13/h5-6H,7-8,13H2,1-4H3. The summed E-state index contributed by atoms with van der Waals surface area (Å²) in [6.07, 6.45) is 0. The van der Waals surface area contributed by atoms with Gasteiger partial charge in [-0.05, 0) is 20.8 Å². The van der Waals surface area contributed by atoms with E-state index in [0.717, 1.165) is 17.1 Å². The van der Waals surface area contributed by atoms with Crippen LogP contribution in [0, 0.1) is 6.92 Å². The summed E-state index contributed by atoms with van der Waals surface area (Å²) < 4.78 is 10.7. The van der Waals surface area contributed by atoms with Gasteiger partial charge in [0.15, 0.2) is 0 Å². The van der Waals surface area contributed by atoms with Gasteiger partial charge in [-0.25, -0.2) is 0 Å². The first-order chi connectivity index (χ1) is 7.40. The number of hydrogen-bond acceptors (Lipinski definition) is 4. The number of nitrogens with zero attached hydrogens (tertiary/aromatic N) is 1. The van der Waals surface area contributed by atoms with Crippen molar-refractivity contribution in [2.75, 3.05) is 13.7 Å². The molecule has 1 aromatic rings. The fourth-order valence-electron chi connectivity index (χ4n) is 1.31. The lowest BCUT2D eigenvalue weighted by Crippen LogP contribution is -2.37. The molecule has 0 atom stereocenters. The third kappa shape index (κ3) is 4.59. The topological polar surface area (TPSA) is 57.4 Å². The molecule has 0 aliphatic heterocycles. The molecule has 0 radical (unpaired) electrons. The first kappa shape index (κ1) is 12.9. The zero-order valence-electron chi connectivity index (χ0n) is 10.4. The van der Waals surface area contributed by atoms with Gasteiger partial charge in [0.2, 0.25) is 0 Å². The van der Waals surface area contributed by atoms with Crippen molar-refractivity contribution in [3.8, 4) is 5.75 Å². The van der Waals surface area contributed by atoms with E-state index in [2.05, 4.69) is 4.98 Å². The van der Waals surface area contributed by atoms with Gasteiger partial charge in [0.1, 0.15) is 5.75 Å². The first-order valence-electron chi connectivity index (χ1n) is 5.29. The molecule has 0 fully saturated rings. The summed E-state index contributed by atoms with van der Waals surface area (Å²) in [5, 5.41) is 0. The highest BCUT2D eigenvalue weighted by Gasteiger charge is 2.10. The summed E-state index contributed by atoms with van der Waals surface area (Å²) in [5.74, 6) is 0.804. The van der Waals surface area contributed by atoms with Gasteiger partial charge in [-0.3, -0.25) is 4.98 Å². The molecule has 0 spiro atoms. The Morgan fingerprint density at radius 3 is 2.62 bits per heavy atom. The zero-order valence-corrected chi connectivity index (χ0v) is 10.4. The minimum Gasteiger partial charge on any atom is -0.497 e. The average molecular weight is 224 g/mol. The summed E-state index contributed by atoms with van der Waals surface area (Å²) in [6.45, 7) is 6.75. The molecule has 1 rings (SSSR count). The van der Waals surface area contributed by atoms with Gasteiger partial charge in [-0.15, -0.1) is 0 Å². The highest BCUT2D eigenvalue weighted by molar-refractivity contribution is 5.26. The van der Waals surface area contributed by atoms with Crippen LogP contribution in [0.4, 0.5) is 0 Å². The molecule has 2 N–H and O–H groups in total. The highest BCUT2D eigenvalue weighted by Crippen LogP contribution is 2.14. The van der Waals surface area contributed by atoms with E-state index in [0.29, 0.717) is 13.2 Å². The monoisotopic (exact) mass is 224 g/mol. The molecule has 0 saturated heterocycles. The Balaban J connectivity index is 2.57. The van der Waals surface area contributed by atoms with Gasteiger partial charge in [0.25, 0.3) is 0 Å². The molecule has 0 unspecified atom stereocenters. The lowest BCUT2D eigenvalue weighted by molar-refractivity contribution is 0.0828. The molecule has 16 heavy (non-hydrogen) atoms. The minimum atomic E-state index is -0.312. The maximum absolute atomic E-state index is 5.82.